The van der Waals surface area contributed by atoms with Crippen LogP contribution in [-0.2, 0) is 28.6 Å². The molecule has 0 aromatic rings. The number of carbonyl (C=O) groups is 2. The highest BCUT2D eigenvalue weighted by molar-refractivity contribution is 7.86. The Labute approximate surface area is 118 Å². The van der Waals surface area contributed by atoms with Gasteiger partial charge in [-0.2, -0.15) is 8.42 Å². The van der Waals surface area contributed by atoms with Gasteiger partial charge < -0.3 is 14.8 Å². The number of alkyl carbamates (subject to hydrolysis) is 1. The molecule has 0 heterocycles. The van der Waals surface area contributed by atoms with E-state index in [2.05, 4.69) is 14.2 Å². The summed E-state index contributed by atoms with van der Waals surface area (Å²) in [5, 5.41) is 2.22. The van der Waals surface area contributed by atoms with Crippen LogP contribution < -0.4 is 5.32 Å². The molecule has 118 valence electrons. The molecule has 0 aliphatic heterocycles. The SMILES string of the molecule is COC(=O)[C@H](NC(=O)OC(C)(C)C)[C@@H](C)OS(C)(=O)=O. The molecule has 0 bridgehead atoms. The van der Waals surface area contributed by atoms with Crippen LogP contribution in [0.1, 0.15) is 27.7 Å². The van der Waals surface area contributed by atoms with Crippen molar-refractivity contribution in [2.24, 2.45) is 0 Å². The van der Waals surface area contributed by atoms with Crippen LogP contribution in [0, 0.1) is 0 Å². The average Bonchev–Trinajstić information content (AvgIpc) is 2.19. The van der Waals surface area contributed by atoms with Crippen molar-refractivity contribution in [1.29, 1.82) is 0 Å². The standard InChI is InChI=1S/C11H21NO7S/c1-7(19-20(6,15)16)8(9(13)17-5)12-10(14)18-11(2,3)4/h7-8H,1-6H3,(H,12,14)/t7-,8-/m1/s1. The quantitative estimate of drug-likeness (QED) is 0.579. The molecule has 0 rings (SSSR count). The van der Waals surface area contributed by atoms with E-state index in [0.717, 1.165) is 13.4 Å². The Morgan fingerprint density at radius 1 is 1.20 bits per heavy atom. The number of rotatable bonds is 5. The number of amides is 1. The number of hydrogen-bond donors (Lipinski definition) is 1. The molecule has 9 heteroatoms. The van der Waals surface area contributed by atoms with Crippen molar-refractivity contribution >= 4 is 22.2 Å². The summed E-state index contributed by atoms with van der Waals surface area (Å²) >= 11 is 0. The van der Waals surface area contributed by atoms with E-state index < -0.39 is 39.9 Å². The number of esters is 1. The molecule has 1 N–H and O–H groups in total. The average molecular weight is 311 g/mol. The number of methoxy groups -OCH3 is 1. The van der Waals surface area contributed by atoms with E-state index in [4.69, 9.17) is 4.74 Å². The first-order valence-electron chi connectivity index (χ1n) is 5.81. The van der Waals surface area contributed by atoms with Gasteiger partial charge >= 0.3 is 12.1 Å². The van der Waals surface area contributed by atoms with Crippen LogP contribution in [0.5, 0.6) is 0 Å². The number of nitrogens with one attached hydrogen (secondary N) is 1. The Morgan fingerprint density at radius 3 is 2.05 bits per heavy atom. The highest BCUT2D eigenvalue weighted by Gasteiger charge is 2.32. The predicted molar refractivity (Wildman–Crippen MR) is 70.6 cm³/mol. The van der Waals surface area contributed by atoms with Gasteiger partial charge in [0, 0.05) is 0 Å². The largest absolute Gasteiger partial charge is 0.467 e. The van der Waals surface area contributed by atoms with Gasteiger partial charge in [0.05, 0.1) is 13.4 Å². The fraction of sp³-hybridized carbons (Fsp3) is 0.818. The fourth-order valence-electron chi connectivity index (χ4n) is 1.26. The maximum Gasteiger partial charge on any atom is 0.408 e. The Bertz CT molecular complexity index is 452. The van der Waals surface area contributed by atoms with Gasteiger partial charge in [-0.25, -0.2) is 9.59 Å². The van der Waals surface area contributed by atoms with Gasteiger partial charge in [-0.15, -0.1) is 0 Å². The third-order valence-corrected chi connectivity index (χ3v) is 2.58. The first-order valence-corrected chi connectivity index (χ1v) is 7.63. The second kappa shape index (κ2) is 6.89. The fourth-order valence-corrected chi connectivity index (χ4v) is 1.92. The highest BCUT2D eigenvalue weighted by atomic mass is 32.2. The van der Waals surface area contributed by atoms with Gasteiger partial charge in [-0.1, -0.05) is 0 Å². The van der Waals surface area contributed by atoms with Gasteiger partial charge in [0.25, 0.3) is 10.1 Å². The van der Waals surface area contributed by atoms with Crippen LogP contribution in [0.15, 0.2) is 0 Å². The zero-order valence-corrected chi connectivity index (χ0v) is 13.2. The number of ether oxygens (including phenoxy) is 2. The number of hydrogen-bond acceptors (Lipinski definition) is 7. The van der Waals surface area contributed by atoms with E-state index >= 15 is 0 Å². The third kappa shape index (κ3) is 7.95. The summed E-state index contributed by atoms with van der Waals surface area (Å²) in [7, 11) is -2.67. The van der Waals surface area contributed by atoms with Gasteiger partial charge in [0.2, 0.25) is 0 Å². The monoisotopic (exact) mass is 311 g/mol. The molecule has 0 aromatic carbocycles. The lowest BCUT2D eigenvalue weighted by Gasteiger charge is -2.25. The summed E-state index contributed by atoms with van der Waals surface area (Å²) < 4.78 is 36.2. The molecule has 1 amide bonds. The second-order valence-corrected chi connectivity index (χ2v) is 6.75. The molecular weight excluding hydrogens is 290 g/mol. The minimum Gasteiger partial charge on any atom is -0.467 e. The van der Waals surface area contributed by atoms with Gasteiger partial charge in [0.1, 0.15) is 11.7 Å². The lowest BCUT2D eigenvalue weighted by molar-refractivity contribution is -0.145. The molecule has 0 saturated heterocycles. The lowest BCUT2D eigenvalue weighted by Crippen LogP contribution is -2.50. The molecule has 0 aliphatic rings. The van der Waals surface area contributed by atoms with E-state index in [9.17, 15) is 18.0 Å². The van der Waals surface area contributed by atoms with E-state index in [0.29, 0.717) is 0 Å². The van der Waals surface area contributed by atoms with Crippen molar-refractivity contribution in [2.75, 3.05) is 13.4 Å². The Balaban J connectivity index is 4.91. The molecule has 0 radical (unpaired) electrons. The first kappa shape index (κ1) is 18.7. The number of carbonyl (C=O) groups excluding carboxylic acids is 2. The normalized spacial score (nSPS) is 15.1. The summed E-state index contributed by atoms with van der Waals surface area (Å²) in [4.78, 5) is 23.2. The maximum atomic E-state index is 11.6. The van der Waals surface area contributed by atoms with Crippen molar-refractivity contribution in [3.8, 4) is 0 Å². The van der Waals surface area contributed by atoms with E-state index in [1.54, 1.807) is 20.8 Å². The maximum absolute atomic E-state index is 11.6. The molecular formula is C11H21NO7S. The molecule has 0 saturated carbocycles. The predicted octanol–water partition coefficient (Wildman–Crippen LogP) is 0.417. The van der Waals surface area contributed by atoms with Crippen LogP contribution in [0.4, 0.5) is 4.79 Å². The molecule has 0 spiro atoms. The van der Waals surface area contributed by atoms with Crippen molar-refractivity contribution in [2.45, 2.75) is 45.4 Å². The van der Waals surface area contributed by atoms with Gasteiger partial charge in [-0.05, 0) is 27.7 Å². The van der Waals surface area contributed by atoms with Crippen molar-refractivity contribution < 1.29 is 31.7 Å². The van der Waals surface area contributed by atoms with Gasteiger partial charge in [-0.3, -0.25) is 4.18 Å². The molecule has 20 heavy (non-hydrogen) atoms. The molecule has 0 fully saturated rings. The molecule has 8 nitrogen and oxygen atoms in total. The zero-order chi connectivity index (χ0) is 16.1. The summed E-state index contributed by atoms with van der Waals surface area (Å²) in [5.41, 5.74) is -0.758. The van der Waals surface area contributed by atoms with Crippen LogP contribution in [0.25, 0.3) is 0 Å². The van der Waals surface area contributed by atoms with Crippen LogP contribution in [0.2, 0.25) is 0 Å². The highest BCUT2D eigenvalue weighted by Crippen LogP contribution is 2.09. The second-order valence-electron chi connectivity index (χ2n) is 5.15. The van der Waals surface area contributed by atoms with E-state index in [1.807, 2.05) is 0 Å². The molecule has 0 aromatic heterocycles. The van der Waals surface area contributed by atoms with Crippen LogP contribution >= 0.6 is 0 Å². The summed E-state index contributed by atoms with van der Waals surface area (Å²) in [6.07, 6.45) is -1.17. The van der Waals surface area contributed by atoms with Crippen molar-refractivity contribution in [3.63, 3.8) is 0 Å². The first-order chi connectivity index (χ1) is 8.85. The molecule has 2 atom stereocenters. The van der Waals surface area contributed by atoms with Crippen molar-refractivity contribution in [1.82, 2.24) is 5.32 Å². The zero-order valence-electron chi connectivity index (χ0n) is 12.4. The summed E-state index contributed by atoms with van der Waals surface area (Å²) in [6.45, 7) is 6.27. The topological polar surface area (TPSA) is 108 Å². The lowest BCUT2D eigenvalue weighted by atomic mass is 10.2. The minimum absolute atomic E-state index is 0.758. The van der Waals surface area contributed by atoms with Crippen LogP contribution in [0.3, 0.4) is 0 Å². The summed E-state index contributed by atoms with van der Waals surface area (Å²) in [6, 6.07) is -1.30. The molecule has 0 unspecified atom stereocenters. The smallest absolute Gasteiger partial charge is 0.408 e. The third-order valence-electron chi connectivity index (χ3n) is 1.92. The van der Waals surface area contributed by atoms with E-state index in [1.165, 1.54) is 6.92 Å². The Hall–Kier alpha value is -1.35. The summed E-state index contributed by atoms with van der Waals surface area (Å²) in [5.74, 6) is -0.841. The van der Waals surface area contributed by atoms with Crippen LogP contribution in [-0.4, -0.2) is 51.6 Å². The molecule has 0 aliphatic carbocycles. The minimum atomic E-state index is -3.78. The van der Waals surface area contributed by atoms with Crippen molar-refractivity contribution in [3.05, 3.63) is 0 Å². The van der Waals surface area contributed by atoms with Gasteiger partial charge in [0.15, 0.2) is 6.04 Å². The Kier molecular flexibility index (Phi) is 6.42. The Morgan fingerprint density at radius 2 is 1.70 bits per heavy atom. The van der Waals surface area contributed by atoms with E-state index in [-0.39, 0.29) is 0 Å².